The molecule has 1 aromatic rings. The fourth-order valence-electron chi connectivity index (χ4n) is 2.86. The Balaban J connectivity index is 3.14. The van der Waals surface area contributed by atoms with Gasteiger partial charge in [0.05, 0.1) is 13.0 Å². The van der Waals surface area contributed by atoms with Crippen molar-refractivity contribution in [2.24, 2.45) is 5.73 Å². The summed E-state index contributed by atoms with van der Waals surface area (Å²) in [7, 11) is 0. The number of aliphatic hydroxyl groups excluding tert-OH is 1. The lowest BCUT2D eigenvalue weighted by molar-refractivity contribution is -0.143. The third-order valence-electron chi connectivity index (χ3n) is 4.78. The molecule has 13 nitrogen and oxygen atoms in total. The van der Waals surface area contributed by atoms with Crippen molar-refractivity contribution in [1.29, 1.82) is 0 Å². The Bertz CT molecular complexity index is 897. The molecule has 4 atom stereocenters. The number of aromatic hydroxyl groups is 1. The Morgan fingerprint density at radius 1 is 0.914 bits per heavy atom. The van der Waals surface area contributed by atoms with Crippen molar-refractivity contribution in [2.75, 3.05) is 18.6 Å². The number of aliphatic carboxylic acids is 2. The number of carboxylic acids is 2. The van der Waals surface area contributed by atoms with E-state index in [0.29, 0.717) is 11.3 Å². The van der Waals surface area contributed by atoms with Crippen LogP contribution in [0.25, 0.3) is 0 Å². The number of carbonyl (C=O) groups excluding carboxylic acids is 3. The fraction of sp³-hybridized carbons (Fsp3) is 0.476. The maximum atomic E-state index is 12.9. The zero-order chi connectivity index (χ0) is 26.5. The predicted molar refractivity (Wildman–Crippen MR) is 126 cm³/mol. The molecule has 0 saturated heterocycles. The first-order valence-electron chi connectivity index (χ1n) is 10.5. The van der Waals surface area contributed by atoms with Gasteiger partial charge in [0, 0.05) is 6.42 Å². The summed E-state index contributed by atoms with van der Waals surface area (Å²) in [5.74, 6) is -5.12. The molecule has 14 heteroatoms. The summed E-state index contributed by atoms with van der Waals surface area (Å²) in [6, 6.07) is 0.0848. The molecule has 3 amide bonds. The van der Waals surface area contributed by atoms with Crippen molar-refractivity contribution >= 4 is 41.4 Å². The Kier molecular flexibility index (Phi) is 12.6. The number of benzene rings is 1. The van der Waals surface area contributed by atoms with Gasteiger partial charge >= 0.3 is 11.9 Å². The largest absolute Gasteiger partial charge is 0.508 e. The highest BCUT2D eigenvalue weighted by atomic mass is 32.2. The number of carboxylic acid groups (broad SMARTS) is 2. The first-order valence-corrected chi connectivity index (χ1v) is 11.9. The number of rotatable bonds is 15. The Labute approximate surface area is 205 Å². The topological polar surface area (TPSA) is 228 Å². The summed E-state index contributed by atoms with van der Waals surface area (Å²) < 4.78 is 0. The number of hydrogen-bond acceptors (Lipinski definition) is 9. The number of aliphatic hydroxyl groups is 1. The van der Waals surface area contributed by atoms with Crippen LogP contribution in [-0.2, 0) is 30.4 Å². The van der Waals surface area contributed by atoms with Crippen molar-refractivity contribution in [3.63, 3.8) is 0 Å². The number of carbonyl (C=O) groups is 5. The van der Waals surface area contributed by atoms with Gasteiger partial charge in [-0.15, -0.1) is 0 Å². The van der Waals surface area contributed by atoms with Crippen LogP contribution < -0.4 is 21.7 Å². The first kappa shape index (κ1) is 29.7. The van der Waals surface area contributed by atoms with Crippen LogP contribution in [0.15, 0.2) is 24.3 Å². The van der Waals surface area contributed by atoms with Gasteiger partial charge in [-0.25, -0.2) is 4.79 Å². The number of nitrogens with one attached hydrogen (secondary N) is 3. The average Bonchev–Trinajstić information content (AvgIpc) is 2.80. The second kappa shape index (κ2) is 14.8. The van der Waals surface area contributed by atoms with Crippen LogP contribution >= 0.6 is 11.8 Å². The molecule has 0 aliphatic carbocycles. The molecule has 35 heavy (non-hydrogen) atoms. The van der Waals surface area contributed by atoms with Crippen molar-refractivity contribution in [3.8, 4) is 5.75 Å². The minimum Gasteiger partial charge on any atom is -0.508 e. The summed E-state index contributed by atoms with van der Waals surface area (Å²) in [5, 5.41) is 43.9. The lowest BCUT2D eigenvalue weighted by Gasteiger charge is -2.24. The second-order valence-corrected chi connectivity index (χ2v) is 8.55. The Hall–Kier alpha value is -3.36. The van der Waals surface area contributed by atoms with Crippen LogP contribution in [0, 0.1) is 0 Å². The van der Waals surface area contributed by atoms with Crippen LogP contribution in [0.3, 0.4) is 0 Å². The monoisotopic (exact) mass is 514 g/mol. The van der Waals surface area contributed by atoms with Crippen LogP contribution in [0.5, 0.6) is 5.75 Å². The number of amides is 3. The molecule has 0 bridgehead atoms. The molecule has 1 aromatic carbocycles. The third kappa shape index (κ3) is 10.6. The summed E-state index contributed by atoms with van der Waals surface area (Å²) >= 11 is 1.38. The Morgan fingerprint density at radius 3 is 1.97 bits per heavy atom. The summed E-state index contributed by atoms with van der Waals surface area (Å²) in [4.78, 5) is 60.5. The number of nitrogens with two attached hydrogens (primary N) is 1. The summed E-state index contributed by atoms with van der Waals surface area (Å²) in [6.45, 7) is -0.744. The van der Waals surface area contributed by atoms with Crippen LogP contribution in [0.4, 0.5) is 0 Å². The van der Waals surface area contributed by atoms with E-state index in [2.05, 4.69) is 16.0 Å². The number of hydrogen-bond donors (Lipinski definition) is 8. The van der Waals surface area contributed by atoms with E-state index in [4.69, 9.17) is 15.9 Å². The van der Waals surface area contributed by atoms with E-state index in [1.165, 1.54) is 36.0 Å². The summed E-state index contributed by atoms with van der Waals surface area (Å²) in [5.41, 5.74) is 5.90. The highest BCUT2D eigenvalue weighted by molar-refractivity contribution is 7.98. The molecule has 194 valence electrons. The first-order chi connectivity index (χ1) is 16.5. The molecule has 9 N–H and O–H groups in total. The molecule has 0 saturated carbocycles. The van der Waals surface area contributed by atoms with Gasteiger partial charge < -0.3 is 42.1 Å². The van der Waals surface area contributed by atoms with E-state index in [0.717, 1.165) is 0 Å². The van der Waals surface area contributed by atoms with Gasteiger partial charge in [-0.1, -0.05) is 12.1 Å². The molecule has 0 aliphatic heterocycles. The molecule has 0 aliphatic rings. The molecular weight excluding hydrogens is 484 g/mol. The molecule has 1 rings (SSSR count). The average molecular weight is 515 g/mol. The number of phenolic OH excluding ortho intramolecular Hbond substituents is 1. The normalized spacial score (nSPS) is 14.1. The third-order valence-corrected chi connectivity index (χ3v) is 5.42. The van der Waals surface area contributed by atoms with Gasteiger partial charge in [0.2, 0.25) is 17.7 Å². The lowest BCUT2D eigenvalue weighted by Crippen LogP contribution is -2.58. The van der Waals surface area contributed by atoms with Gasteiger partial charge in [0.25, 0.3) is 0 Å². The smallest absolute Gasteiger partial charge is 0.326 e. The number of phenols is 1. The molecule has 0 fully saturated rings. The molecule has 0 aromatic heterocycles. The van der Waals surface area contributed by atoms with E-state index < -0.39 is 66.9 Å². The van der Waals surface area contributed by atoms with Crippen LogP contribution in [0.1, 0.15) is 18.4 Å². The highest BCUT2D eigenvalue weighted by Gasteiger charge is 2.31. The molecule has 0 spiro atoms. The van der Waals surface area contributed by atoms with Gasteiger partial charge in [-0.05, 0) is 36.1 Å². The SMILES string of the molecule is CSCCC(NC(=O)C(Cc1ccc(O)cc1)NC(=O)C(CC(=O)O)NC(=O)C(N)CO)C(=O)O. The predicted octanol–water partition coefficient (Wildman–Crippen LogP) is -1.98. The molecule has 4 unspecified atom stereocenters. The van der Waals surface area contributed by atoms with Crippen molar-refractivity contribution in [1.82, 2.24) is 16.0 Å². The van der Waals surface area contributed by atoms with E-state index in [-0.39, 0.29) is 18.6 Å². The van der Waals surface area contributed by atoms with Gasteiger partial charge in [-0.2, -0.15) is 11.8 Å². The minimum absolute atomic E-state index is 0.0359. The zero-order valence-corrected chi connectivity index (χ0v) is 19.8. The van der Waals surface area contributed by atoms with Gasteiger partial charge in [0.15, 0.2) is 0 Å². The van der Waals surface area contributed by atoms with E-state index >= 15 is 0 Å². The fourth-order valence-corrected chi connectivity index (χ4v) is 3.33. The van der Waals surface area contributed by atoms with Gasteiger partial charge in [0.1, 0.15) is 29.9 Å². The summed E-state index contributed by atoms with van der Waals surface area (Å²) in [6.07, 6.45) is 0.929. The van der Waals surface area contributed by atoms with Crippen molar-refractivity contribution in [2.45, 2.75) is 43.4 Å². The minimum atomic E-state index is -1.63. The van der Waals surface area contributed by atoms with Gasteiger partial charge in [-0.3, -0.25) is 19.2 Å². The second-order valence-electron chi connectivity index (χ2n) is 7.56. The maximum Gasteiger partial charge on any atom is 0.326 e. The molecular formula is C21H30N4O9S. The highest BCUT2D eigenvalue weighted by Crippen LogP contribution is 2.12. The van der Waals surface area contributed by atoms with E-state index in [9.17, 15) is 34.2 Å². The van der Waals surface area contributed by atoms with Crippen LogP contribution in [-0.4, -0.2) is 92.9 Å². The zero-order valence-electron chi connectivity index (χ0n) is 19.0. The molecule has 0 heterocycles. The molecule has 0 radical (unpaired) electrons. The van der Waals surface area contributed by atoms with E-state index in [1.54, 1.807) is 6.26 Å². The van der Waals surface area contributed by atoms with Crippen molar-refractivity contribution < 1.29 is 44.4 Å². The van der Waals surface area contributed by atoms with Crippen LogP contribution in [0.2, 0.25) is 0 Å². The van der Waals surface area contributed by atoms with Crippen molar-refractivity contribution in [3.05, 3.63) is 29.8 Å². The Morgan fingerprint density at radius 2 is 1.46 bits per heavy atom. The maximum absolute atomic E-state index is 12.9. The lowest BCUT2D eigenvalue weighted by atomic mass is 10.0. The van der Waals surface area contributed by atoms with E-state index in [1.807, 2.05) is 0 Å². The quantitative estimate of drug-likeness (QED) is 0.128. The standard InChI is InChI=1S/C21H30N4O9S/c1-35-7-6-14(21(33)34)23-19(31)15(8-11-2-4-12(27)5-3-11)25-20(32)16(9-17(28)29)24-18(30)13(22)10-26/h2-5,13-16,26-27H,6-10,22H2,1H3,(H,23,31)(H,24,30)(H,25,32)(H,28,29)(H,33,34). The number of thioether (sulfide) groups is 1.